The number of aldehydes is 1. The lowest BCUT2D eigenvalue weighted by atomic mass is 10.2. The highest BCUT2D eigenvalue weighted by molar-refractivity contribution is 5.72. The maximum atomic E-state index is 10.00. The number of carbonyl (C=O) groups excluding carboxylic acids is 1. The molecule has 0 saturated heterocycles. The zero-order valence-electron chi connectivity index (χ0n) is 4.10. The Labute approximate surface area is 42.5 Å². The molecular weight excluding hydrogens is 92.1 g/mol. The maximum absolute atomic E-state index is 10.00. The van der Waals surface area contributed by atoms with Crippen molar-refractivity contribution in [2.45, 2.75) is 6.92 Å². The van der Waals surface area contributed by atoms with Crippen molar-refractivity contribution >= 4 is 6.29 Å². The first-order valence-corrected chi connectivity index (χ1v) is 1.83. The van der Waals surface area contributed by atoms with Crippen LogP contribution >= 0.6 is 0 Å². The summed E-state index contributed by atoms with van der Waals surface area (Å²) in [6, 6.07) is 0. The van der Waals surface area contributed by atoms with Crippen LogP contribution in [0.5, 0.6) is 0 Å². The second-order valence-corrected chi connectivity index (χ2v) is 1.22. The van der Waals surface area contributed by atoms with Crippen molar-refractivity contribution in [2.24, 2.45) is 0 Å². The summed E-state index contributed by atoms with van der Waals surface area (Å²) in [5, 5.41) is 10.00. The van der Waals surface area contributed by atoms with E-state index >= 15 is 0 Å². The first-order chi connectivity index (χ1) is 3.18. The molecule has 0 bridgehead atoms. The normalized spacial score (nSPS) is 7.57. The second-order valence-electron chi connectivity index (χ2n) is 1.22. The summed E-state index contributed by atoms with van der Waals surface area (Å²) < 4.78 is 0. The minimum Gasteiger partial charge on any atom is -0.841 e. The largest absolute Gasteiger partial charge is 0.841 e. The van der Waals surface area contributed by atoms with Gasteiger partial charge >= 0.3 is 0 Å². The number of hydrogen-bond acceptors (Lipinski definition) is 2. The molecule has 7 heavy (non-hydrogen) atoms. The molecule has 0 aliphatic carbocycles. The summed E-state index contributed by atoms with van der Waals surface area (Å²) >= 11 is 0. The van der Waals surface area contributed by atoms with Crippen LogP contribution in [0, 0.1) is 5.92 Å². The highest BCUT2D eigenvalue weighted by Crippen LogP contribution is 1.96. The number of rotatable bonds is 2. The third-order valence-corrected chi connectivity index (χ3v) is 0.617. The van der Waals surface area contributed by atoms with Crippen molar-refractivity contribution in [2.75, 3.05) is 0 Å². The van der Waals surface area contributed by atoms with E-state index in [1.807, 2.05) is 0 Å². The Balaban J connectivity index is 3.55. The van der Waals surface area contributed by atoms with Crippen molar-refractivity contribution in [1.29, 1.82) is 0 Å². The molecule has 0 radical (unpaired) electrons. The van der Waals surface area contributed by atoms with E-state index in [9.17, 15) is 9.90 Å². The lowest BCUT2D eigenvalue weighted by Gasteiger charge is -1.98. The molecule has 0 unspecified atom stereocenters. The SMILES string of the molecule is C=C([O-])[C+](C)C=O. The van der Waals surface area contributed by atoms with Gasteiger partial charge in [-0.15, -0.1) is 0 Å². The zero-order chi connectivity index (χ0) is 5.86. The minimum atomic E-state index is -0.407. The molecule has 0 aliphatic rings. The number of carbonyl (C=O) groups is 1. The Morgan fingerprint density at radius 1 is 2.00 bits per heavy atom. The van der Waals surface area contributed by atoms with E-state index in [1.54, 1.807) is 0 Å². The van der Waals surface area contributed by atoms with Gasteiger partial charge in [0.25, 0.3) is 0 Å². The molecule has 0 amide bonds. The van der Waals surface area contributed by atoms with Gasteiger partial charge in [0, 0.05) is 13.5 Å². The molecule has 0 aliphatic heterocycles. The first-order valence-electron chi connectivity index (χ1n) is 1.83. The summed E-state index contributed by atoms with van der Waals surface area (Å²) in [4.78, 5) is 9.65. The van der Waals surface area contributed by atoms with Crippen molar-refractivity contribution in [3.63, 3.8) is 0 Å². The Morgan fingerprint density at radius 2 is 2.43 bits per heavy atom. The van der Waals surface area contributed by atoms with Crippen LogP contribution in [0.25, 0.3) is 0 Å². The summed E-state index contributed by atoms with van der Waals surface area (Å²) in [6.07, 6.45) is 0.495. The van der Waals surface area contributed by atoms with Crippen LogP contribution in [0.1, 0.15) is 6.92 Å². The van der Waals surface area contributed by atoms with Gasteiger partial charge in [0.15, 0.2) is 0 Å². The van der Waals surface area contributed by atoms with Gasteiger partial charge in [0.05, 0.1) is 5.76 Å². The van der Waals surface area contributed by atoms with E-state index in [-0.39, 0.29) is 5.92 Å². The highest BCUT2D eigenvalue weighted by Gasteiger charge is 2.01. The molecule has 0 aromatic rings. The van der Waals surface area contributed by atoms with Crippen molar-refractivity contribution in [1.82, 2.24) is 0 Å². The third-order valence-electron chi connectivity index (χ3n) is 0.617. The third kappa shape index (κ3) is 1.87. The molecule has 0 atom stereocenters. The van der Waals surface area contributed by atoms with E-state index in [4.69, 9.17) is 0 Å². The predicted octanol–water partition coefficient (Wildman–Crippen LogP) is -0.346. The average Bonchev–Trinajstić information content (AvgIpc) is 1.65. The Kier molecular flexibility index (Phi) is 1.99. The number of hydrogen-bond donors (Lipinski definition) is 0. The molecule has 0 heterocycles. The quantitative estimate of drug-likeness (QED) is 0.269. The molecule has 0 saturated carbocycles. The van der Waals surface area contributed by atoms with Gasteiger partial charge in [0.2, 0.25) is 6.29 Å². The molecule has 0 N–H and O–H groups in total. The lowest BCUT2D eigenvalue weighted by Crippen LogP contribution is -2.09. The van der Waals surface area contributed by atoms with Crippen LogP contribution in [0.4, 0.5) is 0 Å². The van der Waals surface area contributed by atoms with Crippen LogP contribution in [0.15, 0.2) is 12.3 Å². The fourth-order valence-electron chi connectivity index (χ4n) is 0.0657. The average molecular weight is 98.1 g/mol. The van der Waals surface area contributed by atoms with E-state index in [0.29, 0.717) is 6.29 Å². The van der Waals surface area contributed by atoms with Crippen LogP contribution in [-0.2, 0) is 4.79 Å². The standard InChI is InChI=1S/C5H6O2/c1-4(3-6)5(2)7/h3H,2H2,1H3. The molecule has 38 valence electrons. The zero-order valence-corrected chi connectivity index (χ0v) is 4.10. The Morgan fingerprint density at radius 3 is 2.43 bits per heavy atom. The molecule has 2 heteroatoms. The van der Waals surface area contributed by atoms with E-state index in [2.05, 4.69) is 6.58 Å². The lowest BCUT2D eigenvalue weighted by molar-refractivity contribution is -0.299. The van der Waals surface area contributed by atoms with Gasteiger partial charge in [-0.2, -0.15) is 0 Å². The molecule has 0 rings (SSSR count). The summed E-state index contributed by atoms with van der Waals surface area (Å²) in [7, 11) is 0. The molecule has 0 aromatic carbocycles. The van der Waals surface area contributed by atoms with E-state index < -0.39 is 5.76 Å². The van der Waals surface area contributed by atoms with E-state index in [0.717, 1.165) is 0 Å². The Bertz CT molecular complexity index is 86.1. The highest BCUT2D eigenvalue weighted by atomic mass is 16.3. The monoisotopic (exact) mass is 98.0 g/mol. The van der Waals surface area contributed by atoms with Crippen molar-refractivity contribution < 1.29 is 9.90 Å². The summed E-state index contributed by atoms with van der Waals surface area (Å²) in [5.41, 5.74) is 0. The van der Waals surface area contributed by atoms with Gasteiger partial charge in [-0.25, -0.2) is 0 Å². The topological polar surface area (TPSA) is 40.1 Å². The molecule has 0 aromatic heterocycles. The van der Waals surface area contributed by atoms with Gasteiger partial charge in [-0.1, -0.05) is 0 Å². The molecule has 0 fully saturated rings. The first kappa shape index (κ1) is 6.08. The van der Waals surface area contributed by atoms with Crippen LogP contribution < -0.4 is 5.11 Å². The molecular formula is C5H6O2. The van der Waals surface area contributed by atoms with Gasteiger partial charge in [-0.3, -0.25) is 4.79 Å². The van der Waals surface area contributed by atoms with Gasteiger partial charge < -0.3 is 5.11 Å². The molecule has 2 nitrogen and oxygen atoms in total. The van der Waals surface area contributed by atoms with E-state index in [1.165, 1.54) is 6.92 Å². The van der Waals surface area contributed by atoms with Crippen molar-refractivity contribution in [3.05, 3.63) is 18.3 Å². The second kappa shape index (κ2) is 2.29. The fraction of sp³-hybridized carbons (Fsp3) is 0.200. The van der Waals surface area contributed by atoms with Crippen LogP contribution in [0.3, 0.4) is 0 Å². The minimum absolute atomic E-state index is 0.167. The van der Waals surface area contributed by atoms with Gasteiger partial charge in [0.1, 0.15) is 5.92 Å². The molecule has 0 spiro atoms. The smallest absolute Gasteiger partial charge is 0.225 e. The summed E-state index contributed by atoms with van der Waals surface area (Å²) in [6.45, 7) is 4.43. The maximum Gasteiger partial charge on any atom is 0.225 e. The summed E-state index contributed by atoms with van der Waals surface area (Å²) in [5.74, 6) is -0.241. The predicted molar refractivity (Wildman–Crippen MR) is 24.1 cm³/mol. The fourth-order valence-corrected chi connectivity index (χ4v) is 0.0657. The Hall–Kier alpha value is -0.920. The van der Waals surface area contributed by atoms with Gasteiger partial charge in [-0.05, 0) is 0 Å². The van der Waals surface area contributed by atoms with Crippen LogP contribution in [0.2, 0.25) is 0 Å². The van der Waals surface area contributed by atoms with Crippen molar-refractivity contribution in [3.8, 4) is 0 Å². The number of allylic oxidation sites excluding steroid dienone is 1. The van der Waals surface area contributed by atoms with Crippen LogP contribution in [-0.4, -0.2) is 6.29 Å².